The van der Waals surface area contributed by atoms with E-state index in [1.165, 1.54) is 23.5 Å². The molecule has 0 aliphatic rings. The molecule has 0 aliphatic heterocycles. The van der Waals surface area contributed by atoms with E-state index >= 15 is 0 Å². The molecule has 2 rings (SSSR count). The van der Waals surface area contributed by atoms with Gasteiger partial charge in [-0.3, -0.25) is 0 Å². The van der Waals surface area contributed by atoms with Crippen molar-refractivity contribution in [2.24, 2.45) is 0 Å². The molecule has 0 saturated carbocycles. The lowest BCUT2D eigenvalue weighted by atomic mass is 10.1. The number of hydrogen-bond donors (Lipinski definition) is 2. The molecule has 0 radical (unpaired) electrons. The number of thiophene rings is 1. The van der Waals surface area contributed by atoms with Crippen molar-refractivity contribution in [2.75, 3.05) is 13.2 Å². The smallest absolute Gasteiger partial charge is 0.395 e. The molecule has 1 aromatic heterocycles. The third-order valence-corrected chi connectivity index (χ3v) is 3.88. The number of aliphatic hydroxyl groups is 1. The summed E-state index contributed by atoms with van der Waals surface area (Å²) in [6.45, 7) is 1.25. The number of aliphatic hydroxyl groups excluding tert-OH is 1. The van der Waals surface area contributed by atoms with E-state index in [2.05, 4.69) is 5.32 Å². The van der Waals surface area contributed by atoms with E-state index in [1.54, 1.807) is 0 Å². The van der Waals surface area contributed by atoms with Gasteiger partial charge in [0.15, 0.2) is 0 Å². The Labute approximate surface area is 118 Å². The minimum atomic E-state index is -4.30. The largest absolute Gasteiger partial charge is 0.416 e. The van der Waals surface area contributed by atoms with Crippen LogP contribution in [0, 0.1) is 0 Å². The molecule has 0 atom stereocenters. The Hall–Kier alpha value is -1.37. The summed E-state index contributed by atoms with van der Waals surface area (Å²) in [4.78, 5) is 2.01. The van der Waals surface area contributed by atoms with Crippen LogP contribution in [0.1, 0.15) is 10.4 Å². The van der Waals surface area contributed by atoms with Crippen molar-refractivity contribution < 1.29 is 18.3 Å². The molecule has 2 aromatic rings. The first kappa shape index (κ1) is 15.0. The minimum absolute atomic E-state index is 0.0805. The number of halogens is 3. The molecule has 0 bridgehead atoms. The monoisotopic (exact) mass is 301 g/mol. The summed E-state index contributed by atoms with van der Waals surface area (Å²) >= 11 is 1.52. The molecule has 20 heavy (non-hydrogen) atoms. The number of nitrogens with one attached hydrogen (secondary N) is 1. The van der Waals surface area contributed by atoms with Crippen LogP contribution < -0.4 is 5.32 Å². The van der Waals surface area contributed by atoms with Gasteiger partial charge in [-0.15, -0.1) is 11.3 Å². The van der Waals surface area contributed by atoms with Crippen LogP contribution in [0.3, 0.4) is 0 Å². The summed E-state index contributed by atoms with van der Waals surface area (Å²) < 4.78 is 37.4. The first-order valence-corrected chi connectivity index (χ1v) is 6.90. The van der Waals surface area contributed by atoms with Crippen molar-refractivity contribution in [2.45, 2.75) is 12.7 Å². The van der Waals surface area contributed by atoms with Gasteiger partial charge >= 0.3 is 6.18 Å². The van der Waals surface area contributed by atoms with Gasteiger partial charge in [-0.1, -0.05) is 12.1 Å². The standard InChI is InChI=1S/C14H14F3NOS/c15-14(16,17)11-3-1-10(2-4-11)13-6-5-12(20-13)9-18-7-8-19/h1-6,18-19H,7-9H2. The second-order valence-electron chi connectivity index (χ2n) is 4.24. The average Bonchev–Trinajstić information content (AvgIpc) is 2.87. The predicted molar refractivity (Wildman–Crippen MR) is 73.5 cm³/mol. The fourth-order valence-corrected chi connectivity index (χ4v) is 2.72. The first-order valence-electron chi connectivity index (χ1n) is 6.08. The molecular weight excluding hydrogens is 287 g/mol. The van der Waals surface area contributed by atoms with Gasteiger partial charge in [0.05, 0.1) is 12.2 Å². The van der Waals surface area contributed by atoms with Crippen LogP contribution in [0.2, 0.25) is 0 Å². The van der Waals surface area contributed by atoms with Gasteiger partial charge in [-0.2, -0.15) is 13.2 Å². The minimum Gasteiger partial charge on any atom is -0.395 e. The SMILES string of the molecule is OCCNCc1ccc(-c2ccc(C(F)(F)F)cc2)s1. The van der Waals surface area contributed by atoms with Gasteiger partial charge in [0.1, 0.15) is 0 Å². The molecule has 108 valence electrons. The fourth-order valence-electron chi connectivity index (χ4n) is 1.74. The molecule has 0 aliphatic carbocycles. The lowest BCUT2D eigenvalue weighted by Gasteiger charge is -2.06. The normalized spacial score (nSPS) is 11.8. The summed E-state index contributed by atoms with van der Waals surface area (Å²) in [6, 6.07) is 8.99. The summed E-state index contributed by atoms with van der Waals surface area (Å²) in [6.07, 6.45) is -4.30. The first-order chi connectivity index (χ1) is 9.50. The Kier molecular flexibility index (Phi) is 4.80. The lowest BCUT2D eigenvalue weighted by molar-refractivity contribution is -0.137. The number of alkyl halides is 3. The van der Waals surface area contributed by atoms with Gasteiger partial charge in [-0.25, -0.2) is 0 Å². The molecule has 1 aromatic carbocycles. The van der Waals surface area contributed by atoms with E-state index in [0.717, 1.165) is 27.5 Å². The van der Waals surface area contributed by atoms with E-state index < -0.39 is 11.7 Å². The van der Waals surface area contributed by atoms with Crippen molar-refractivity contribution in [3.8, 4) is 10.4 Å². The zero-order chi connectivity index (χ0) is 14.6. The second-order valence-corrected chi connectivity index (χ2v) is 5.41. The molecule has 0 fully saturated rings. The Morgan fingerprint density at radius 2 is 1.75 bits per heavy atom. The highest BCUT2D eigenvalue weighted by Crippen LogP contribution is 2.33. The predicted octanol–water partition coefficient (Wildman–Crippen LogP) is 3.52. The van der Waals surface area contributed by atoms with Crippen LogP contribution in [-0.2, 0) is 12.7 Å². The highest BCUT2D eigenvalue weighted by Gasteiger charge is 2.29. The molecule has 0 saturated heterocycles. The number of benzene rings is 1. The molecule has 6 heteroatoms. The lowest BCUT2D eigenvalue weighted by Crippen LogP contribution is -2.16. The summed E-state index contributed by atoms with van der Waals surface area (Å²) in [5.41, 5.74) is 0.138. The zero-order valence-corrected chi connectivity index (χ0v) is 11.4. The highest BCUT2D eigenvalue weighted by molar-refractivity contribution is 7.15. The van der Waals surface area contributed by atoms with Crippen LogP contribution >= 0.6 is 11.3 Å². The molecule has 0 unspecified atom stereocenters. The number of rotatable bonds is 5. The molecule has 1 heterocycles. The van der Waals surface area contributed by atoms with Crippen molar-refractivity contribution >= 4 is 11.3 Å². The van der Waals surface area contributed by atoms with Gasteiger partial charge in [0.2, 0.25) is 0 Å². The van der Waals surface area contributed by atoms with E-state index in [0.29, 0.717) is 13.1 Å². The summed E-state index contributed by atoms with van der Waals surface area (Å²) in [7, 11) is 0. The molecule has 0 amide bonds. The summed E-state index contributed by atoms with van der Waals surface area (Å²) in [5, 5.41) is 11.7. The third-order valence-electron chi connectivity index (χ3n) is 2.75. The van der Waals surface area contributed by atoms with Crippen LogP contribution in [0.4, 0.5) is 13.2 Å². The summed E-state index contributed by atoms with van der Waals surface area (Å²) in [5.74, 6) is 0. The Morgan fingerprint density at radius 3 is 2.35 bits per heavy atom. The van der Waals surface area contributed by atoms with Crippen molar-refractivity contribution in [1.82, 2.24) is 5.32 Å². The van der Waals surface area contributed by atoms with Crippen LogP contribution in [0.25, 0.3) is 10.4 Å². The zero-order valence-electron chi connectivity index (χ0n) is 10.6. The van der Waals surface area contributed by atoms with Crippen molar-refractivity contribution in [3.05, 3.63) is 46.8 Å². The molecule has 2 N–H and O–H groups in total. The van der Waals surface area contributed by atoms with Gasteiger partial charge in [0, 0.05) is 22.8 Å². The Bertz CT molecular complexity index is 548. The van der Waals surface area contributed by atoms with Gasteiger partial charge in [-0.05, 0) is 29.8 Å². The Balaban J connectivity index is 2.08. The fraction of sp³-hybridized carbons (Fsp3) is 0.286. The number of hydrogen-bond acceptors (Lipinski definition) is 3. The third kappa shape index (κ3) is 3.82. The Morgan fingerprint density at radius 1 is 1.05 bits per heavy atom. The van der Waals surface area contributed by atoms with E-state index in [4.69, 9.17) is 5.11 Å². The van der Waals surface area contributed by atoms with E-state index in [1.807, 2.05) is 12.1 Å². The van der Waals surface area contributed by atoms with Crippen molar-refractivity contribution in [1.29, 1.82) is 0 Å². The van der Waals surface area contributed by atoms with Gasteiger partial charge in [0.25, 0.3) is 0 Å². The van der Waals surface area contributed by atoms with Crippen LogP contribution in [0.5, 0.6) is 0 Å². The van der Waals surface area contributed by atoms with Crippen LogP contribution in [-0.4, -0.2) is 18.3 Å². The van der Waals surface area contributed by atoms with Crippen molar-refractivity contribution in [3.63, 3.8) is 0 Å². The average molecular weight is 301 g/mol. The quantitative estimate of drug-likeness (QED) is 0.828. The van der Waals surface area contributed by atoms with Crippen LogP contribution in [0.15, 0.2) is 36.4 Å². The maximum Gasteiger partial charge on any atom is 0.416 e. The highest BCUT2D eigenvalue weighted by atomic mass is 32.1. The van der Waals surface area contributed by atoms with E-state index in [9.17, 15) is 13.2 Å². The maximum absolute atomic E-state index is 12.5. The molecular formula is C14H14F3NOS. The molecule has 2 nitrogen and oxygen atoms in total. The maximum atomic E-state index is 12.5. The van der Waals surface area contributed by atoms with Gasteiger partial charge < -0.3 is 10.4 Å². The molecule has 0 spiro atoms. The topological polar surface area (TPSA) is 32.3 Å². The van der Waals surface area contributed by atoms with E-state index in [-0.39, 0.29) is 6.61 Å². The second kappa shape index (κ2) is 6.39.